The summed E-state index contributed by atoms with van der Waals surface area (Å²) in [6, 6.07) is 0. The van der Waals surface area contributed by atoms with E-state index in [2.05, 4.69) is 0 Å². The molecule has 0 aromatic rings. The first kappa shape index (κ1) is 9.78. The summed E-state index contributed by atoms with van der Waals surface area (Å²) in [6.07, 6.45) is 6.59. The molecule has 0 N–H and O–H groups in total. The van der Waals surface area contributed by atoms with Crippen LogP contribution in [-0.2, 0) is 4.74 Å². The van der Waals surface area contributed by atoms with Crippen molar-refractivity contribution in [2.45, 2.75) is 37.4 Å². The van der Waals surface area contributed by atoms with Gasteiger partial charge in [0.15, 0.2) is 5.05 Å². The predicted molar refractivity (Wildman–Crippen MR) is 61.4 cm³/mol. The summed E-state index contributed by atoms with van der Waals surface area (Å²) < 4.78 is 5.62. The van der Waals surface area contributed by atoms with E-state index in [1.165, 1.54) is 37.9 Å². The summed E-state index contributed by atoms with van der Waals surface area (Å²) >= 11 is 7.26. The Balaban J connectivity index is 1.67. The third kappa shape index (κ3) is 3.13. The van der Waals surface area contributed by atoms with Gasteiger partial charge < -0.3 is 4.74 Å². The lowest BCUT2D eigenvalue weighted by molar-refractivity contribution is 0.282. The van der Waals surface area contributed by atoms with Crippen molar-refractivity contribution in [1.29, 1.82) is 0 Å². The first-order chi connectivity index (χ1) is 6.36. The lowest BCUT2D eigenvalue weighted by Gasteiger charge is -2.22. The molecular weight excluding hydrogens is 200 g/mol. The summed E-state index contributed by atoms with van der Waals surface area (Å²) in [4.78, 5) is 0. The van der Waals surface area contributed by atoms with Crippen molar-refractivity contribution in [2.24, 2.45) is 5.92 Å². The van der Waals surface area contributed by atoms with E-state index in [1.54, 1.807) is 0 Å². The van der Waals surface area contributed by atoms with E-state index in [4.69, 9.17) is 17.0 Å². The number of ether oxygens (including phenoxy) is 1. The van der Waals surface area contributed by atoms with E-state index in [9.17, 15) is 0 Å². The van der Waals surface area contributed by atoms with Crippen molar-refractivity contribution in [2.75, 3.05) is 12.4 Å². The molecule has 0 bridgehead atoms. The van der Waals surface area contributed by atoms with Crippen LogP contribution in [0.15, 0.2) is 0 Å². The highest BCUT2D eigenvalue weighted by molar-refractivity contribution is 8.06. The number of rotatable bonds is 3. The molecule has 0 amide bonds. The molecule has 0 spiro atoms. The van der Waals surface area contributed by atoms with E-state index in [-0.39, 0.29) is 0 Å². The van der Waals surface area contributed by atoms with E-state index in [0.717, 1.165) is 16.9 Å². The molecule has 3 heteroatoms. The van der Waals surface area contributed by atoms with Gasteiger partial charge in [-0.15, -0.1) is 0 Å². The minimum atomic E-state index is 0.590. The maximum Gasteiger partial charge on any atom is 0.162 e. The highest BCUT2D eigenvalue weighted by Gasteiger charge is 2.25. The summed E-state index contributed by atoms with van der Waals surface area (Å²) in [5.41, 5.74) is 0. The van der Waals surface area contributed by atoms with Crippen molar-refractivity contribution in [3.63, 3.8) is 0 Å². The van der Waals surface area contributed by atoms with Gasteiger partial charge in [-0.25, -0.2) is 0 Å². The monoisotopic (exact) mass is 216 g/mol. The zero-order valence-corrected chi connectivity index (χ0v) is 9.46. The van der Waals surface area contributed by atoms with E-state index < -0.39 is 0 Å². The summed E-state index contributed by atoms with van der Waals surface area (Å²) in [6.45, 7) is 0.861. The summed E-state index contributed by atoms with van der Waals surface area (Å²) in [7, 11) is 0. The molecule has 1 atom stereocenters. The standard InChI is InChI=1S/C10H16OS2/c12-10(11-6-9-7-13-9)8-4-2-1-3-5-8/h8-9H,1-7H2/t9-/m0/s1. The minimum absolute atomic E-state index is 0.590. The lowest BCUT2D eigenvalue weighted by atomic mass is 9.90. The maximum atomic E-state index is 5.62. The van der Waals surface area contributed by atoms with Crippen LogP contribution in [0.5, 0.6) is 0 Å². The van der Waals surface area contributed by atoms with Crippen molar-refractivity contribution < 1.29 is 4.74 Å². The molecule has 1 saturated heterocycles. The molecule has 0 aromatic heterocycles. The molecule has 1 heterocycles. The molecule has 2 rings (SSSR count). The molecule has 2 fully saturated rings. The lowest BCUT2D eigenvalue weighted by Crippen LogP contribution is -2.20. The fourth-order valence-corrected chi connectivity index (χ4v) is 2.50. The van der Waals surface area contributed by atoms with Crippen LogP contribution in [0.4, 0.5) is 0 Å². The third-order valence-electron chi connectivity index (χ3n) is 2.75. The van der Waals surface area contributed by atoms with Crippen LogP contribution in [0.3, 0.4) is 0 Å². The molecule has 1 saturated carbocycles. The second-order valence-corrected chi connectivity index (χ2v) is 5.66. The second kappa shape index (κ2) is 4.65. The van der Waals surface area contributed by atoms with Gasteiger partial charge in [0, 0.05) is 16.9 Å². The highest BCUT2D eigenvalue weighted by atomic mass is 32.2. The van der Waals surface area contributed by atoms with Gasteiger partial charge in [-0.2, -0.15) is 11.8 Å². The van der Waals surface area contributed by atoms with Crippen molar-refractivity contribution in [3.05, 3.63) is 0 Å². The van der Waals surface area contributed by atoms with Crippen LogP contribution < -0.4 is 0 Å². The van der Waals surface area contributed by atoms with E-state index >= 15 is 0 Å². The van der Waals surface area contributed by atoms with Crippen LogP contribution in [-0.4, -0.2) is 22.7 Å². The van der Waals surface area contributed by atoms with Gasteiger partial charge in [-0.05, 0) is 25.1 Å². The van der Waals surface area contributed by atoms with Crippen molar-refractivity contribution in [3.8, 4) is 0 Å². The number of hydrogen-bond donors (Lipinski definition) is 0. The van der Waals surface area contributed by atoms with E-state index in [1.807, 2.05) is 11.8 Å². The van der Waals surface area contributed by atoms with Crippen LogP contribution in [0, 0.1) is 5.92 Å². The summed E-state index contributed by atoms with van der Waals surface area (Å²) in [5.74, 6) is 1.86. The van der Waals surface area contributed by atoms with Gasteiger partial charge in [-0.1, -0.05) is 19.3 Å². The van der Waals surface area contributed by atoms with Crippen LogP contribution in [0.2, 0.25) is 0 Å². The number of hydrogen-bond acceptors (Lipinski definition) is 3. The zero-order valence-electron chi connectivity index (χ0n) is 7.83. The Hall–Kier alpha value is 0.240. The molecule has 1 aliphatic heterocycles. The Labute approximate surface area is 89.6 Å². The number of thiocarbonyl (C=S) groups is 1. The fraction of sp³-hybridized carbons (Fsp3) is 0.900. The Morgan fingerprint density at radius 3 is 2.62 bits per heavy atom. The normalized spacial score (nSPS) is 28.5. The zero-order chi connectivity index (χ0) is 9.10. The average molecular weight is 216 g/mol. The first-order valence-electron chi connectivity index (χ1n) is 5.14. The van der Waals surface area contributed by atoms with E-state index in [0.29, 0.717) is 5.92 Å². The molecule has 0 radical (unpaired) electrons. The Bertz CT molecular complexity index is 183. The highest BCUT2D eigenvalue weighted by Crippen LogP contribution is 2.31. The molecular formula is C10H16OS2. The Kier molecular flexibility index (Phi) is 3.50. The van der Waals surface area contributed by atoms with Gasteiger partial charge in [0.25, 0.3) is 0 Å². The van der Waals surface area contributed by atoms with Gasteiger partial charge in [0.1, 0.15) is 6.61 Å². The minimum Gasteiger partial charge on any atom is -0.486 e. The van der Waals surface area contributed by atoms with Gasteiger partial charge in [-0.3, -0.25) is 0 Å². The van der Waals surface area contributed by atoms with Crippen LogP contribution in [0.25, 0.3) is 0 Å². The molecule has 0 unspecified atom stereocenters. The second-order valence-electron chi connectivity index (χ2n) is 3.92. The van der Waals surface area contributed by atoms with Gasteiger partial charge in [0.2, 0.25) is 0 Å². The topological polar surface area (TPSA) is 9.23 Å². The van der Waals surface area contributed by atoms with Crippen LogP contribution >= 0.6 is 24.0 Å². The number of thioether (sulfide) groups is 1. The van der Waals surface area contributed by atoms with Crippen molar-refractivity contribution >= 4 is 29.0 Å². The molecule has 0 aromatic carbocycles. The molecule has 1 nitrogen and oxygen atoms in total. The predicted octanol–water partition coefficient (Wildman–Crippen LogP) is 3.03. The average Bonchev–Trinajstić information content (AvgIpc) is 2.99. The maximum absolute atomic E-state index is 5.62. The first-order valence-corrected chi connectivity index (χ1v) is 6.60. The SMILES string of the molecule is S=C(OC[C@H]1CS1)C1CCCCC1. The van der Waals surface area contributed by atoms with Gasteiger partial charge in [0.05, 0.1) is 0 Å². The Morgan fingerprint density at radius 1 is 1.31 bits per heavy atom. The molecule has 2 aliphatic rings. The third-order valence-corrected chi connectivity index (χ3v) is 4.14. The summed E-state index contributed by atoms with van der Waals surface area (Å²) in [5, 5.41) is 1.65. The smallest absolute Gasteiger partial charge is 0.162 e. The Morgan fingerprint density at radius 2 is 2.00 bits per heavy atom. The fourth-order valence-electron chi connectivity index (χ4n) is 1.80. The van der Waals surface area contributed by atoms with Crippen LogP contribution in [0.1, 0.15) is 32.1 Å². The van der Waals surface area contributed by atoms with Gasteiger partial charge >= 0.3 is 0 Å². The van der Waals surface area contributed by atoms with Crippen molar-refractivity contribution in [1.82, 2.24) is 0 Å². The molecule has 13 heavy (non-hydrogen) atoms. The molecule has 74 valence electrons. The largest absolute Gasteiger partial charge is 0.486 e. The molecule has 1 aliphatic carbocycles. The quantitative estimate of drug-likeness (QED) is 0.530.